The van der Waals surface area contributed by atoms with Gasteiger partial charge in [0.15, 0.2) is 0 Å². The highest BCUT2D eigenvalue weighted by Crippen LogP contribution is 2.56. The highest BCUT2D eigenvalue weighted by Gasteiger charge is 2.42. The molecule has 0 heterocycles. The van der Waals surface area contributed by atoms with Gasteiger partial charge in [-0.05, 0) is 58.9 Å². The van der Waals surface area contributed by atoms with Crippen molar-refractivity contribution in [2.24, 2.45) is 5.41 Å². The van der Waals surface area contributed by atoms with Crippen molar-refractivity contribution in [2.75, 3.05) is 0 Å². The summed E-state index contributed by atoms with van der Waals surface area (Å²) in [7, 11) is 0. The van der Waals surface area contributed by atoms with E-state index in [0.29, 0.717) is 5.41 Å². The topological polar surface area (TPSA) is 0 Å². The number of fused-ring (bicyclic) bond motifs is 5. The molecule has 4 rings (SSSR count). The Bertz CT molecular complexity index is 610. The Morgan fingerprint density at radius 3 is 2.41 bits per heavy atom. The summed E-state index contributed by atoms with van der Waals surface area (Å²) in [6.07, 6.45) is 6.93. The van der Waals surface area contributed by atoms with Crippen molar-refractivity contribution in [3.05, 3.63) is 47.5 Å². The molecule has 2 aliphatic carbocycles. The Morgan fingerprint density at radius 1 is 0.909 bits per heavy atom. The lowest BCUT2D eigenvalue weighted by molar-refractivity contribution is 0.253. The average Bonchev–Trinajstić information content (AvgIpc) is 3.00. The van der Waals surface area contributed by atoms with Crippen LogP contribution in [0.5, 0.6) is 0 Å². The van der Waals surface area contributed by atoms with Crippen LogP contribution in [0.15, 0.2) is 36.4 Å². The second-order valence-corrected chi connectivity index (χ2v) is 6.45. The monoisotopic (exact) mass is 296 g/mol. The largest absolute Gasteiger partial charge is 0.0683 e. The zero-order chi connectivity index (χ0) is 16.2. The molecule has 2 aromatic carbocycles. The van der Waals surface area contributed by atoms with Gasteiger partial charge in [-0.3, -0.25) is 0 Å². The van der Waals surface area contributed by atoms with Gasteiger partial charge in [0.05, 0.1) is 0 Å². The first-order valence-electron chi connectivity index (χ1n) is 9.28. The van der Waals surface area contributed by atoms with Gasteiger partial charge in [-0.1, -0.05) is 77.4 Å². The van der Waals surface area contributed by atoms with Gasteiger partial charge in [0.2, 0.25) is 0 Å². The Balaban J connectivity index is 0.000000410. The SMILES string of the molecule is CC.CC.C[C@@]12CCC[C@H]1c1ccc3ccccc3c1CC2. The van der Waals surface area contributed by atoms with Crippen LogP contribution in [0.3, 0.4) is 0 Å². The van der Waals surface area contributed by atoms with Gasteiger partial charge >= 0.3 is 0 Å². The normalized spacial score (nSPS) is 25.2. The molecule has 0 bridgehead atoms. The molecule has 0 spiro atoms. The first-order valence-corrected chi connectivity index (χ1v) is 9.28. The molecule has 0 N–H and O–H groups in total. The summed E-state index contributed by atoms with van der Waals surface area (Å²) in [5.41, 5.74) is 3.91. The van der Waals surface area contributed by atoms with Crippen LogP contribution in [0, 0.1) is 5.41 Å². The van der Waals surface area contributed by atoms with Crippen molar-refractivity contribution in [1.29, 1.82) is 0 Å². The molecule has 0 heteroatoms. The number of hydrogen-bond acceptors (Lipinski definition) is 0. The quantitative estimate of drug-likeness (QED) is 0.486. The van der Waals surface area contributed by atoms with Gasteiger partial charge in [0, 0.05) is 0 Å². The minimum absolute atomic E-state index is 0.593. The summed E-state index contributed by atoms with van der Waals surface area (Å²) in [5.74, 6) is 0.825. The zero-order valence-electron chi connectivity index (χ0n) is 15.1. The Labute approximate surface area is 136 Å². The first-order chi connectivity index (χ1) is 10.8. The molecule has 22 heavy (non-hydrogen) atoms. The molecule has 0 unspecified atom stereocenters. The van der Waals surface area contributed by atoms with Crippen molar-refractivity contribution in [3.63, 3.8) is 0 Å². The fourth-order valence-corrected chi connectivity index (χ4v) is 4.43. The van der Waals surface area contributed by atoms with E-state index >= 15 is 0 Å². The van der Waals surface area contributed by atoms with E-state index in [1.807, 2.05) is 27.7 Å². The van der Waals surface area contributed by atoms with Crippen LogP contribution in [-0.4, -0.2) is 0 Å². The summed E-state index contributed by atoms with van der Waals surface area (Å²) in [6.45, 7) is 10.5. The van der Waals surface area contributed by atoms with E-state index in [4.69, 9.17) is 0 Å². The minimum atomic E-state index is 0.593. The molecule has 0 nitrogen and oxygen atoms in total. The van der Waals surface area contributed by atoms with Gasteiger partial charge in [-0.2, -0.15) is 0 Å². The van der Waals surface area contributed by atoms with Crippen LogP contribution in [0.1, 0.15) is 77.3 Å². The predicted molar refractivity (Wildman–Crippen MR) is 99.7 cm³/mol. The molecule has 0 aromatic heterocycles. The summed E-state index contributed by atoms with van der Waals surface area (Å²) >= 11 is 0. The van der Waals surface area contributed by atoms with Crippen LogP contribution in [0.2, 0.25) is 0 Å². The van der Waals surface area contributed by atoms with Gasteiger partial charge < -0.3 is 0 Å². The van der Waals surface area contributed by atoms with E-state index < -0.39 is 0 Å². The molecule has 1 fully saturated rings. The molecule has 0 amide bonds. The lowest BCUT2D eigenvalue weighted by Crippen LogP contribution is -2.26. The third-order valence-electron chi connectivity index (χ3n) is 5.48. The van der Waals surface area contributed by atoms with Crippen molar-refractivity contribution in [2.45, 2.75) is 72.6 Å². The molecule has 0 radical (unpaired) electrons. The van der Waals surface area contributed by atoms with Crippen molar-refractivity contribution < 1.29 is 0 Å². The first kappa shape index (κ1) is 17.1. The molecular weight excluding hydrogens is 264 g/mol. The highest BCUT2D eigenvalue weighted by molar-refractivity contribution is 5.87. The van der Waals surface area contributed by atoms with Crippen LogP contribution in [0.25, 0.3) is 10.8 Å². The maximum absolute atomic E-state index is 2.52. The van der Waals surface area contributed by atoms with Gasteiger partial charge in [0.25, 0.3) is 0 Å². The lowest BCUT2D eigenvalue weighted by atomic mass is 9.66. The van der Waals surface area contributed by atoms with E-state index in [0.717, 1.165) is 5.92 Å². The standard InChI is InChI=1S/C18H20.2C2H6/c1-18-11-4-7-17(18)16-9-8-13-5-2-3-6-14(13)15(16)10-12-18;2*1-2/h2-3,5-6,8-9,17H,4,7,10-12H2,1H3;2*1-2H3/t17-,18-;;/m0../s1. The fourth-order valence-electron chi connectivity index (χ4n) is 4.43. The van der Waals surface area contributed by atoms with E-state index in [1.54, 1.807) is 11.1 Å². The molecule has 2 aliphatic rings. The molecule has 120 valence electrons. The maximum Gasteiger partial charge on any atom is -0.0105 e. The fraction of sp³-hybridized carbons (Fsp3) is 0.545. The maximum atomic E-state index is 2.52. The van der Waals surface area contributed by atoms with E-state index in [2.05, 4.69) is 43.3 Å². The molecule has 2 aromatic rings. The van der Waals surface area contributed by atoms with Crippen LogP contribution in [0.4, 0.5) is 0 Å². The highest BCUT2D eigenvalue weighted by atomic mass is 14.5. The molecule has 2 atom stereocenters. The number of benzene rings is 2. The van der Waals surface area contributed by atoms with Crippen LogP contribution in [-0.2, 0) is 6.42 Å². The second-order valence-electron chi connectivity index (χ2n) is 6.45. The smallest absolute Gasteiger partial charge is 0.0105 e. The average molecular weight is 296 g/mol. The zero-order valence-corrected chi connectivity index (χ0v) is 15.1. The summed E-state index contributed by atoms with van der Waals surface area (Å²) < 4.78 is 0. The Kier molecular flexibility index (Phi) is 5.67. The third kappa shape index (κ3) is 2.81. The lowest BCUT2D eigenvalue weighted by Gasteiger charge is -2.38. The third-order valence-corrected chi connectivity index (χ3v) is 5.48. The molecule has 0 aliphatic heterocycles. The minimum Gasteiger partial charge on any atom is -0.0683 e. The molecule has 1 saturated carbocycles. The van der Waals surface area contributed by atoms with E-state index in [1.165, 1.54) is 42.9 Å². The van der Waals surface area contributed by atoms with E-state index in [-0.39, 0.29) is 0 Å². The van der Waals surface area contributed by atoms with Crippen molar-refractivity contribution in [3.8, 4) is 0 Å². The number of hydrogen-bond donors (Lipinski definition) is 0. The van der Waals surface area contributed by atoms with Gasteiger partial charge in [-0.25, -0.2) is 0 Å². The summed E-state index contributed by atoms with van der Waals surface area (Å²) in [4.78, 5) is 0. The van der Waals surface area contributed by atoms with Crippen molar-refractivity contribution >= 4 is 10.8 Å². The molecule has 0 saturated heterocycles. The van der Waals surface area contributed by atoms with Gasteiger partial charge in [-0.15, -0.1) is 0 Å². The van der Waals surface area contributed by atoms with E-state index in [9.17, 15) is 0 Å². The van der Waals surface area contributed by atoms with Crippen LogP contribution < -0.4 is 0 Å². The van der Waals surface area contributed by atoms with Crippen molar-refractivity contribution in [1.82, 2.24) is 0 Å². The number of aryl methyl sites for hydroxylation is 1. The summed E-state index contributed by atoms with van der Waals surface area (Å²) in [5, 5.41) is 2.92. The Hall–Kier alpha value is -1.30. The number of rotatable bonds is 0. The Morgan fingerprint density at radius 2 is 1.64 bits per heavy atom. The predicted octanol–water partition coefficient (Wildman–Crippen LogP) is 7.11. The summed E-state index contributed by atoms with van der Waals surface area (Å²) in [6, 6.07) is 13.6. The molecular formula is C22H32. The van der Waals surface area contributed by atoms with Crippen LogP contribution >= 0.6 is 0 Å². The van der Waals surface area contributed by atoms with Gasteiger partial charge in [0.1, 0.15) is 0 Å². The second kappa shape index (κ2) is 7.31.